The first-order chi connectivity index (χ1) is 13.6. The van der Waals surface area contributed by atoms with Crippen molar-refractivity contribution in [2.45, 2.75) is 43.9 Å². The minimum Gasteiger partial charge on any atom is -0.481 e. The summed E-state index contributed by atoms with van der Waals surface area (Å²) in [6.45, 7) is 2.20. The molecule has 0 heterocycles. The van der Waals surface area contributed by atoms with Crippen LogP contribution in [0, 0.1) is 0 Å². The molecule has 28 heavy (non-hydrogen) atoms. The van der Waals surface area contributed by atoms with Crippen LogP contribution in [-0.2, 0) is 16.0 Å². The summed E-state index contributed by atoms with van der Waals surface area (Å²) < 4.78 is 0. The fourth-order valence-corrected chi connectivity index (χ4v) is 3.61. The largest absolute Gasteiger partial charge is 0.481 e. The SMILES string of the molecule is CCCCCc1ccc(C=CC(=O)Nc2ccccc2SCCC(=O)O)cc1. The van der Waals surface area contributed by atoms with Gasteiger partial charge < -0.3 is 10.4 Å². The molecule has 0 saturated carbocycles. The molecular weight excluding hydrogens is 370 g/mol. The third-order valence-corrected chi connectivity index (χ3v) is 5.27. The van der Waals surface area contributed by atoms with Crippen molar-refractivity contribution >= 4 is 35.4 Å². The molecule has 0 aromatic heterocycles. The molecule has 2 aromatic rings. The summed E-state index contributed by atoms with van der Waals surface area (Å²) >= 11 is 1.42. The Balaban J connectivity index is 1.90. The lowest BCUT2D eigenvalue weighted by molar-refractivity contribution is -0.136. The van der Waals surface area contributed by atoms with Gasteiger partial charge in [-0.3, -0.25) is 9.59 Å². The van der Waals surface area contributed by atoms with Crippen molar-refractivity contribution in [1.29, 1.82) is 0 Å². The van der Waals surface area contributed by atoms with E-state index in [2.05, 4.69) is 24.4 Å². The molecule has 2 N–H and O–H groups in total. The van der Waals surface area contributed by atoms with Crippen LogP contribution in [0.3, 0.4) is 0 Å². The lowest BCUT2D eigenvalue weighted by Gasteiger charge is -2.08. The van der Waals surface area contributed by atoms with Crippen molar-refractivity contribution in [2.24, 2.45) is 0 Å². The van der Waals surface area contributed by atoms with Crippen LogP contribution in [0.2, 0.25) is 0 Å². The van der Waals surface area contributed by atoms with Crippen LogP contribution in [0.15, 0.2) is 59.5 Å². The third kappa shape index (κ3) is 8.01. The summed E-state index contributed by atoms with van der Waals surface area (Å²) in [6, 6.07) is 15.7. The lowest BCUT2D eigenvalue weighted by Crippen LogP contribution is -2.08. The molecule has 148 valence electrons. The number of carbonyl (C=O) groups is 2. The van der Waals surface area contributed by atoms with Crippen molar-refractivity contribution < 1.29 is 14.7 Å². The Morgan fingerprint density at radius 1 is 1.07 bits per heavy atom. The van der Waals surface area contributed by atoms with Gasteiger partial charge in [-0.1, -0.05) is 56.2 Å². The molecule has 0 saturated heterocycles. The number of unbranched alkanes of at least 4 members (excludes halogenated alkanes) is 2. The first kappa shape index (κ1) is 21.8. The molecule has 1 amide bonds. The summed E-state index contributed by atoms with van der Waals surface area (Å²) in [5, 5.41) is 11.6. The van der Waals surface area contributed by atoms with Gasteiger partial charge >= 0.3 is 5.97 Å². The van der Waals surface area contributed by atoms with Crippen LogP contribution in [0.1, 0.15) is 43.7 Å². The Bertz CT molecular complexity index is 800. The number of aryl methyl sites for hydroxylation is 1. The van der Waals surface area contributed by atoms with Gasteiger partial charge in [-0.05, 0) is 42.2 Å². The molecule has 2 aromatic carbocycles. The highest BCUT2D eigenvalue weighted by Gasteiger charge is 2.06. The molecule has 0 spiro atoms. The number of para-hydroxylation sites is 1. The van der Waals surface area contributed by atoms with Gasteiger partial charge in [0.25, 0.3) is 0 Å². The van der Waals surface area contributed by atoms with Crippen molar-refractivity contribution in [3.05, 3.63) is 65.7 Å². The number of carboxylic acids is 1. The molecule has 4 nitrogen and oxygen atoms in total. The van der Waals surface area contributed by atoms with E-state index in [1.807, 2.05) is 36.4 Å². The average Bonchev–Trinajstić information content (AvgIpc) is 2.69. The number of hydrogen-bond donors (Lipinski definition) is 2. The fraction of sp³-hybridized carbons (Fsp3) is 0.304. The molecule has 0 fully saturated rings. The summed E-state index contributed by atoms with van der Waals surface area (Å²) in [5.74, 6) is -0.575. The van der Waals surface area contributed by atoms with Crippen LogP contribution < -0.4 is 5.32 Å². The van der Waals surface area contributed by atoms with Gasteiger partial charge in [-0.15, -0.1) is 11.8 Å². The number of nitrogens with one attached hydrogen (secondary N) is 1. The van der Waals surface area contributed by atoms with E-state index < -0.39 is 5.97 Å². The normalized spacial score (nSPS) is 10.9. The molecular formula is C23H27NO3S. The first-order valence-corrected chi connectivity index (χ1v) is 10.6. The molecule has 0 aliphatic heterocycles. The number of carboxylic acid groups (broad SMARTS) is 1. The molecule has 0 atom stereocenters. The van der Waals surface area contributed by atoms with Crippen LogP contribution >= 0.6 is 11.8 Å². The number of aliphatic carboxylic acids is 1. The van der Waals surface area contributed by atoms with Gasteiger partial charge in [0.05, 0.1) is 12.1 Å². The number of rotatable bonds is 11. The van der Waals surface area contributed by atoms with E-state index in [0.717, 1.165) is 16.9 Å². The van der Waals surface area contributed by atoms with Crippen LogP contribution in [0.5, 0.6) is 0 Å². The first-order valence-electron chi connectivity index (χ1n) is 9.60. The van der Waals surface area contributed by atoms with Gasteiger partial charge in [-0.2, -0.15) is 0 Å². The zero-order chi connectivity index (χ0) is 20.2. The molecule has 0 bridgehead atoms. The highest BCUT2D eigenvalue weighted by atomic mass is 32.2. The third-order valence-electron chi connectivity index (χ3n) is 4.19. The van der Waals surface area contributed by atoms with Crippen molar-refractivity contribution in [3.8, 4) is 0 Å². The minimum absolute atomic E-state index is 0.0846. The Morgan fingerprint density at radius 2 is 1.82 bits per heavy atom. The number of anilines is 1. The maximum absolute atomic E-state index is 12.3. The quantitative estimate of drug-likeness (QED) is 0.293. The van der Waals surface area contributed by atoms with E-state index in [9.17, 15) is 9.59 Å². The monoisotopic (exact) mass is 397 g/mol. The van der Waals surface area contributed by atoms with Gasteiger partial charge in [0.15, 0.2) is 0 Å². The zero-order valence-corrected chi connectivity index (χ0v) is 17.0. The molecule has 0 aliphatic carbocycles. The Hall–Kier alpha value is -2.53. The Morgan fingerprint density at radius 3 is 2.54 bits per heavy atom. The predicted molar refractivity (Wildman–Crippen MR) is 117 cm³/mol. The number of carbonyl (C=O) groups excluding carboxylic acids is 1. The average molecular weight is 398 g/mol. The molecule has 5 heteroatoms. The predicted octanol–water partition coefficient (Wildman–Crippen LogP) is 5.64. The number of hydrogen-bond acceptors (Lipinski definition) is 3. The van der Waals surface area contributed by atoms with Crippen LogP contribution in [0.25, 0.3) is 6.08 Å². The van der Waals surface area contributed by atoms with E-state index >= 15 is 0 Å². The van der Waals surface area contributed by atoms with Gasteiger partial charge in [0.1, 0.15) is 0 Å². The van der Waals surface area contributed by atoms with Gasteiger partial charge in [0.2, 0.25) is 5.91 Å². The summed E-state index contributed by atoms with van der Waals surface area (Å²) in [6.07, 6.45) is 8.17. The smallest absolute Gasteiger partial charge is 0.304 e. The zero-order valence-electron chi connectivity index (χ0n) is 16.2. The highest BCUT2D eigenvalue weighted by Crippen LogP contribution is 2.27. The standard InChI is InChI=1S/C23H27NO3S/c1-2-3-4-7-18-10-12-19(13-11-18)14-15-22(25)24-20-8-5-6-9-21(20)28-17-16-23(26)27/h5-6,8-15H,2-4,7,16-17H2,1H3,(H,24,25)(H,26,27). The molecule has 0 aliphatic rings. The van der Waals surface area contributed by atoms with E-state index in [-0.39, 0.29) is 12.3 Å². The number of benzene rings is 2. The lowest BCUT2D eigenvalue weighted by atomic mass is 10.1. The Kier molecular flexibility index (Phi) is 9.35. The second-order valence-corrected chi connectivity index (χ2v) is 7.65. The van der Waals surface area contributed by atoms with E-state index in [1.54, 1.807) is 6.08 Å². The van der Waals surface area contributed by atoms with Crippen molar-refractivity contribution in [2.75, 3.05) is 11.1 Å². The number of amides is 1. The van der Waals surface area contributed by atoms with Crippen molar-refractivity contribution in [1.82, 2.24) is 0 Å². The summed E-state index contributed by atoms with van der Waals surface area (Å²) in [5.41, 5.74) is 3.00. The fourth-order valence-electron chi connectivity index (χ4n) is 2.66. The van der Waals surface area contributed by atoms with Gasteiger partial charge in [-0.25, -0.2) is 0 Å². The second-order valence-electron chi connectivity index (χ2n) is 6.51. The highest BCUT2D eigenvalue weighted by molar-refractivity contribution is 7.99. The summed E-state index contributed by atoms with van der Waals surface area (Å²) in [4.78, 5) is 23.8. The van der Waals surface area contributed by atoms with Crippen LogP contribution in [0.4, 0.5) is 5.69 Å². The summed E-state index contributed by atoms with van der Waals surface area (Å²) in [7, 11) is 0. The van der Waals surface area contributed by atoms with E-state index in [1.165, 1.54) is 42.7 Å². The molecule has 2 rings (SSSR count). The van der Waals surface area contributed by atoms with Crippen LogP contribution in [-0.4, -0.2) is 22.7 Å². The van der Waals surface area contributed by atoms with Gasteiger partial charge in [0, 0.05) is 16.7 Å². The Labute approximate surface area is 171 Å². The molecule has 0 unspecified atom stereocenters. The number of thioether (sulfide) groups is 1. The maximum atomic E-state index is 12.3. The van der Waals surface area contributed by atoms with E-state index in [4.69, 9.17) is 5.11 Å². The van der Waals surface area contributed by atoms with E-state index in [0.29, 0.717) is 11.4 Å². The van der Waals surface area contributed by atoms with Crippen molar-refractivity contribution in [3.63, 3.8) is 0 Å². The minimum atomic E-state index is -0.826. The topological polar surface area (TPSA) is 66.4 Å². The second kappa shape index (κ2) is 12.0. The molecule has 0 radical (unpaired) electrons. The maximum Gasteiger partial charge on any atom is 0.304 e.